The van der Waals surface area contributed by atoms with E-state index in [9.17, 15) is 14.4 Å². The molecule has 8 nitrogen and oxygen atoms in total. The van der Waals surface area contributed by atoms with E-state index in [1.807, 2.05) is 20.8 Å². The third-order valence-electron chi connectivity index (χ3n) is 4.02. The van der Waals surface area contributed by atoms with Gasteiger partial charge in [-0.2, -0.15) is 0 Å². The van der Waals surface area contributed by atoms with Crippen LogP contribution in [0, 0.1) is 5.92 Å². The molecule has 152 valence electrons. The van der Waals surface area contributed by atoms with Crippen LogP contribution in [0.3, 0.4) is 0 Å². The van der Waals surface area contributed by atoms with Crippen molar-refractivity contribution in [3.63, 3.8) is 0 Å². The predicted octanol–water partition coefficient (Wildman–Crippen LogP) is 1.46. The second kappa shape index (κ2) is 10.6. The summed E-state index contributed by atoms with van der Waals surface area (Å²) in [5.74, 6) is -0.322. The number of amides is 2. The van der Waals surface area contributed by atoms with Gasteiger partial charge in [0, 0.05) is 23.0 Å². The molecule has 2 amide bonds. The maximum absolute atomic E-state index is 12.1. The number of aryl methyl sites for hydroxylation is 1. The standard InChI is InChI=1S/C19H25N5O3.ClH/c1-4-13-9-15(25)24-18(23-13)12-6-5-7-14(8-12)22-16(26)10-21-19(27)17(20)11(2)3;/h5-9,11,17H,4,10,20H2,1-3H3,(H,21,27)(H,22,26)(H,23,24,25);1H/t17-;/m0./s1. The molecule has 0 aliphatic carbocycles. The number of nitrogens with two attached hydrogens (primary N) is 1. The van der Waals surface area contributed by atoms with Crippen LogP contribution in [-0.4, -0.2) is 34.4 Å². The minimum atomic E-state index is -0.658. The summed E-state index contributed by atoms with van der Waals surface area (Å²) in [4.78, 5) is 42.7. The smallest absolute Gasteiger partial charge is 0.251 e. The van der Waals surface area contributed by atoms with Crippen molar-refractivity contribution in [2.45, 2.75) is 33.2 Å². The molecule has 1 aromatic carbocycles. The van der Waals surface area contributed by atoms with Gasteiger partial charge in [-0.3, -0.25) is 14.4 Å². The molecular weight excluding hydrogens is 382 g/mol. The Morgan fingerprint density at radius 2 is 1.96 bits per heavy atom. The lowest BCUT2D eigenvalue weighted by atomic mass is 10.1. The zero-order valence-electron chi connectivity index (χ0n) is 16.1. The molecule has 0 saturated carbocycles. The van der Waals surface area contributed by atoms with Crippen LogP contribution < -0.4 is 21.9 Å². The van der Waals surface area contributed by atoms with Crippen molar-refractivity contribution >= 4 is 29.9 Å². The van der Waals surface area contributed by atoms with Crippen molar-refractivity contribution in [3.8, 4) is 11.4 Å². The van der Waals surface area contributed by atoms with E-state index in [1.165, 1.54) is 6.07 Å². The number of hydrogen-bond acceptors (Lipinski definition) is 5. The van der Waals surface area contributed by atoms with E-state index >= 15 is 0 Å². The first-order chi connectivity index (χ1) is 12.8. The number of carbonyl (C=O) groups excluding carboxylic acids is 2. The molecule has 9 heteroatoms. The first-order valence-electron chi connectivity index (χ1n) is 8.84. The third kappa shape index (κ3) is 6.47. The van der Waals surface area contributed by atoms with Crippen molar-refractivity contribution in [2.24, 2.45) is 11.7 Å². The largest absolute Gasteiger partial charge is 0.346 e. The lowest BCUT2D eigenvalue weighted by molar-refractivity contribution is -0.125. The maximum atomic E-state index is 12.1. The van der Waals surface area contributed by atoms with Crippen LogP contribution in [0.2, 0.25) is 0 Å². The number of benzene rings is 1. The van der Waals surface area contributed by atoms with Gasteiger partial charge in [0.05, 0.1) is 12.6 Å². The minimum absolute atomic E-state index is 0. The highest BCUT2D eigenvalue weighted by Gasteiger charge is 2.17. The molecule has 0 spiro atoms. The number of aromatic amines is 1. The number of anilines is 1. The molecule has 1 atom stereocenters. The molecule has 1 aromatic heterocycles. The maximum Gasteiger partial charge on any atom is 0.251 e. The third-order valence-corrected chi connectivity index (χ3v) is 4.02. The molecule has 0 aliphatic heterocycles. The number of nitrogens with one attached hydrogen (secondary N) is 3. The van der Waals surface area contributed by atoms with Crippen LogP contribution in [0.25, 0.3) is 11.4 Å². The fourth-order valence-electron chi connectivity index (χ4n) is 2.36. The van der Waals surface area contributed by atoms with E-state index in [1.54, 1.807) is 24.3 Å². The van der Waals surface area contributed by atoms with Gasteiger partial charge in [0.25, 0.3) is 5.56 Å². The Kier molecular flexibility index (Phi) is 8.81. The van der Waals surface area contributed by atoms with E-state index in [0.29, 0.717) is 29.2 Å². The zero-order valence-corrected chi connectivity index (χ0v) is 16.9. The Balaban J connectivity index is 0.00000392. The van der Waals surface area contributed by atoms with E-state index in [-0.39, 0.29) is 42.2 Å². The average molecular weight is 408 g/mol. The number of halogens is 1. The first kappa shape index (κ1) is 23.3. The van der Waals surface area contributed by atoms with Crippen molar-refractivity contribution in [1.29, 1.82) is 0 Å². The topological polar surface area (TPSA) is 130 Å². The van der Waals surface area contributed by atoms with E-state index < -0.39 is 6.04 Å². The SMILES string of the molecule is CCc1cc(=O)[nH]c(-c2cccc(NC(=O)CNC(=O)[C@@H](N)C(C)C)c2)n1.Cl. The highest BCUT2D eigenvalue weighted by Crippen LogP contribution is 2.18. The second-order valence-corrected chi connectivity index (χ2v) is 6.56. The number of carbonyl (C=O) groups is 2. The Bertz CT molecular complexity index is 882. The highest BCUT2D eigenvalue weighted by atomic mass is 35.5. The van der Waals surface area contributed by atoms with Crippen molar-refractivity contribution in [2.75, 3.05) is 11.9 Å². The summed E-state index contributed by atoms with van der Waals surface area (Å²) in [5, 5.41) is 5.22. The van der Waals surface area contributed by atoms with E-state index in [4.69, 9.17) is 5.73 Å². The second-order valence-electron chi connectivity index (χ2n) is 6.56. The van der Waals surface area contributed by atoms with Crippen LogP contribution in [0.5, 0.6) is 0 Å². The Morgan fingerprint density at radius 3 is 2.61 bits per heavy atom. The fraction of sp³-hybridized carbons (Fsp3) is 0.368. The van der Waals surface area contributed by atoms with Gasteiger partial charge < -0.3 is 21.4 Å². The van der Waals surface area contributed by atoms with E-state index in [2.05, 4.69) is 20.6 Å². The molecule has 2 aromatic rings. The molecular formula is C19H26ClN5O3. The number of aromatic nitrogens is 2. The van der Waals surface area contributed by atoms with Crippen LogP contribution >= 0.6 is 12.4 Å². The molecule has 0 saturated heterocycles. The predicted molar refractivity (Wildman–Crippen MR) is 111 cm³/mol. The summed E-state index contributed by atoms with van der Waals surface area (Å²) < 4.78 is 0. The molecule has 1 heterocycles. The Morgan fingerprint density at radius 1 is 1.25 bits per heavy atom. The summed E-state index contributed by atoms with van der Waals surface area (Å²) >= 11 is 0. The molecule has 0 radical (unpaired) electrons. The quantitative estimate of drug-likeness (QED) is 0.552. The summed E-state index contributed by atoms with van der Waals surface area (Å²) in [6.07, 6.45) is 0.644. The molecule has 5 N–H and O–H groups in total. The molecule has 0 aliphatic rings. The Hall–Kier alpha value is -2.71. The van der Waals surface area contributed by atoms with Crippen LogP contribution in [0.4, 0.5) is 5.69 Å². The Labute approximate surface area is 169 Å². The molecule has 0 unspecified atom stereocenters. The lowest BCUT2D eigenvalue weighted by Crippen LogP contribution is -2.46. The van der Waals surface area contributed by atoms with Gasteiger partial charge in [-0.25, -0.2) is 4.98 Å². The summed E-state index contributed by atoms with van der Waals surface area (Å²) in [6, 6.07) is 7.75. The van der Waals surface area contributed by atoms with Crippen molar-refractivity contribution in [1.82, 2.24) is 15.3 Å². The van der Waals surface area contributed by atoms with Gasteiger partial charge in [-0.15, -0.1) is 12.4 Å². The summed E-state index contributed by atoms with van der Waals surface area (Å²) in [5.41, 5.74) is 7.40. The molecule has 28 heavy (non-hydrogen) atoms. The number of rotatable bonds is 7. The first-order valence-corrected chi connectivity index (χ1v) is 8.84. The van der Waals surface area contributed by atoms with E-state index in [0.717, 1.165) is 0 Å². The summed E-state index contributed by atoms with van der Waals surface area (Å²) in [6.45, 7) is 5.41. The minimum Gasteiger partial charge on any atom is -0.346 e. The van der Waals surface area contributed by atoms with Gasteiger partial charge >= 0.3 is 0 Å². The highest BCUT2D eigenvalue weighted by molar-refractivity contribution is 5.95. The number of H-pyrrole nitrogens is 1. The summed E-state index contributed by atoms with van der Waals surface area (Å²) in [7, 11) is 0. The molecule has 0 bridgehead atoms. The average Bonchev–Trinajstić information content (AvgIpc) is 2.65. The van der Waals surface area contributed by atoms with Gasteiger partial charge in [-0.05, 0) is 24.5 Å². The van der Waals surface area contributed by atoms with Crippen LogP contribution in [-0.2, 0) is 16.0 Å². The van der Waals surface area contributed by atoms with Gasteiger partial charge in [0.1, 0.15) is 5.82 Å². The number of nitrogens with zero attached hydrogens (tertiary/aromatic N) is 1. The molecule has 2 rings (SSSR count). The van der Waals surface area contributed by atoms with Gasteiger partial charge in [-0.1, -0.05) is 32.9 Å². The van der Waals surface area contributed by atoms with Crippen LogP contribution in [0.1, 0.15) is 26.5 Å². The fourth-order valence-corrected chi connectivity index (χ4v) is 2.36. The number of hydrogen-bond donors (Lipinski definition) is 4. The monoisotopic (exact) mass is 407 g/mol. The van der Waals surface area contributed by atoms with Crippen LogP contribution in [0.15, 0.2) is 35.1 Å². The van der Waals surface area contributed by atoms with Gasteiger partial charge in [0.15, 0.2) is 0 Å². The van der Waals surface area contributed by atoms with Crippen molar-refractivity contribution < 1.29 is 9.59 Å². The van der Waals surface area contributed by atoms with Crippen molar-refractivity contribution in [3.05, 3.63) is 46.4 Å². The van der Waals surface area contributed by atoms with Gasteiger partial charge in [0.2, 0.25) is 11.8 Å². The molecule has 0 fully saturated rings. The normalized spacial score (nSPS) is 11.5. The lowest BCUT2D eigenvalue weighted by Gasteiger charge is -2.15. The zero-order chi connectivity index (χ0) is 20.0.